The fourth-order valence-corrected chi connectivity index (χ4v) is 2.89. The summed E-state index contributed by atoms with van der Waals surface area (Å²) in [7, 11) is 2.14. The number of thiocarbonyl (C=S) groups is 1. The van der Waals surface area contributed by atoms with Gasteiger partial charge < -0.3 is 15.5 Å². The van der Waals surface area contributed by atoms with E-state index in [-0.39, 0.29) is 0 Å². The van der Waals surface area contributed by atoms with Crippen molar-refractivity contribution in [1.29, 1.82) is 0 Å². The molecule has 0 fully saturated rings. The van der Waals surface area contributed by atoms with Crippen LogP contribution in [0.3, 0.4) is 0 Å². The summed E-state index contributed by atoms with van der Waals surface area (Å²) in [5, 5.41) is 7.10. The lowest BCUT2D eigenvalue weighted by atomic mass is 10.2. The molecule has 0 unspecified atom stereocenters. The molecule has 0 aromatic heterocycles. The third kappa shape index (κ3) is 7.12. The molecule has 0 aliphatic carbocycles. The van der Waals surface area contributed by atoms with E-state index in [0.29, 0.717) is 5.11 Å². The van der Waals surface area contributed by atoms with Crippen LogP contribution in [0.4, 0.5) is 5.69 Å². The minimum Gasteiger partial charge on any atom is -0.362 e. The quantitative estimate of drug-likeness (QED) is 0.544. The molecule has 0 radical (unpaired) electrons. The molecular weight excluding hydrogens is 370 g/mol. The van der Waals surface area contributed by atoms with Crippen LogP contribution in [0.15, 0.2) is 59.1 Å². The van der Waals surface area contributed by atoms with E-state index in [2.05, 4.69) is 62.8 Å². The van der Waals surface area contributed by atoms with Gasteiger partial charge in [0.15, 0.2) is 5.11 Å². The molecule has 0 aliphatic heterocycles. The monoisotopic (exact) mass is 391 g/mol. The molecule has 0 saturated heterocycles. The van der Waals surface area contributed by atoms with Crippen molar-refractivity contribution in [3.63, 3.8) is 0 Å². The van der Waals surface area contributed by atoms with Crippen molar-refractivity contribution in [2.75, 3.05) is 25.5 Å². The van der Waals surface area contributed by atoms with E-state index in [1.165, 1.54) is 5.56 Å². The Balaban J connectivity index is 1.62. The predicted molar refractivity (Wildman–Crippen MR) is 106 cm³/mol. The lowest BCUT2D eigenvalue weighted by molar-refractivity contribution is 0.322. The molecule has 23 heavy (non-hydrogen) atoms. The summed E-state index contributed by atoms with van der Waals surface area (Å²) in [4.78, 5) is 2.32. The van der Waals surface area contributed by atoms with Gasteiger partial charge in [0.25, 0.3) is 0 Å². The molecule has 5 heteroatoms. The zero-order chi connectivity index (χ0) is 16.5. The van der Waals surface area contributed by atoms with Crippen LogP contribution < -0.4 is 10.6 Å². The molecule has 0 bridgehead atoms. The van der Waals surface area contributed by atoms with E-state index in [1.54, 1.807) is 0 Å². The number of rotatable bonds is 7. The van der Waals surface area contributed by atoms with Gasteiger partial charge in [-0.15, -0.1) is 0 Å². The Morgan fingerprint density at radius 2 is 1.91 bits per heavy atom. The zero-order valence-electron chi connectivity index (χ0n) is 13.3. The molecular formula is C18H22BrN3S. The van der Waals surface area contributed by atoms with E-state index in [1.807, 2.05) is 30.3 Å². The maximum atomic E-state index is 5.31. The van der Waals surface area contributed by atoms with Crippen LogP contribution in [0.25, 0.3) is 0 Å². The van der Waals surface area contributed by atoms with Crippen LogP contribution in [0.1, 0.15) is 12.0 Å². The Morgan fingerprint density at radius 1 is 1.13 bits per heavy atom. The molecule has 2 rings (SSSR count). The van der Waals surface area contributed by atoms with Crippen molar-refractivity contribution in [2.45, 2.75) is 13.0 Å². The minimum atomic E-state index is 0.661. The van der Waals surface area contributed by atoms with Gasteiger partial charge in [-0.25, -0.2) is 0 Å². The molecule has 122 valence electrons. The first-order chi connectivity index (χ1) is 11.1. The van der Waals surface area contributed by atoms with E-state index in [0.717, 1.165) is 36.2 Å². The van der Waals surface area contributed by atoms with Gasteiger partial charge in [0, 0.05) is 23.2 Å². The molecule has 0 saturated carbocycles. The van der Waals surface area contributed by atoms with E-state index in [9.17, 15) is 0 Å². The first-order valence-corrected chi connectivity index (χ1v) is 8.86. The number of halogens is 1. The highest BCUT2D eigenvalue weighted by atomic mass is 79.9. The number of hydrogen-bond acceptors (Lipinski definition) is 2. The topological polar surface area (TPSA) is 27.3 Å². The predicted octanol–water partition coefficient (Wildman–Crippen LogP) is 4.26. The van der Waals surface area contributed by atoms with Crippen molar-refractivity contribution in [3.05, 3.63) is 64.6 Å². The highest BCUT2D eigenvalue weighted by molar-refractivity contribution is 9.10. The second-order valence-electron chi connectivity index (χ2n) is 5.47. The van der Waals surface area contributed by atoms with Crippen LogP contribution in [0.5, 0.6) is 0 Å². The lowest BCUT2D eigenvalue weighted by Gasteiger charge is -2.17. The maximum absolute atomic E-state index is 5.31. The molecule has 2 aromatic carbocycles. The number of anilines is 1. The van der Waals surface area contributed by atoms with Gasteiger partial charge >= 0.3 is 0 Å². The standard InChI is InChI=1S/C18H22BrN3S/c1-22(14-15-7-3-2-4-8-15)12-6-11-20-18(23)21-17-10-5-9-16(19)13-17/h2-5,7-10,13H,6,11-12,14H2,1H3,(H2,20,21,23). The summed E-state index contributed by atoms with van der Waals surface area (Å²) in [6.07, 6.45) is 1.05. The Labute approximate surface area is 152 Å². The van der Waals surface area contributed by atoms with E-state index >= 15 is 0 Å². The summed E-state index contributed by atoms with van der Waals surface area (Å²) >= 11 is 8.76. The smallest absolute Gasteiger partial charge is 0.170 e. The van der Waals surface area contributed by atoms with Crippen molar-refractivity contribution in [2.24, 2.45) is 0 Å². The van der Waals surface area contributed by atoms with Crippen molar-refractivity contribution >= 4 is 38.9 Å². The van der Waals surface area contributed by atoms with Crippen molar-refractivity contribution < 1.29 is 0 Å². The molecule has 3 nitrogen and oxygen atoms in total. The van der Waals surface area contributed by atoms with Crippen LogP contribution in [-0.4, -0.2) is 30.1 Å². The fraction of sp³-hybridized carbons (Fsp3) is 0.278. The molecule has 2 aromatic rings. The van der Waals surface area contributed by atoms with Crippen molar-refractivity contribution in [3.8, 4) is 0 Å². The summed E-state index contributed by atoms with van der Waals surface area (Å²) < 4.78 is 1.04. The molecule has 0 atom stereocenters. The van der Waals surface area contributed by atoms with Gasteiger partial charge in [-0.1, -0.05) is 52.3 Å². The van der Waals surface area contributed by atoms with E-state index in [4.69, 9.17) is 12.2 Å². The van der Waals surface area contributed by atoms with Gasteiger partial charge in [0.1, 0.15) is 0 Å². The SMILES string of the molecule is CN(CCCNC(=S)Nc1cccc(Br)c1)Cc1ccccc1. The Hall–Kier alpha value is -1.43. The third-order valence-corrected chi connectivity index (χ3v) is 4.12. The molecule has 0 heterocycles. The average molecular weight is 392 g/mol. The Bertz CT molecular complexity index is 619. The zero-order valence-corrected chi connectivity index (χ0v) is 15.7. The van der Waals surface area contributed by atoms with Gasteiger partial charge in [-0.05, 0) is 56.0 Å². The second-order valence-corrected chi connectivity index (χ2v) is 6.79. The molecule has 0 spiro atoms. The number of benzene rings is 2. The fourth-order valence-electron chi connectivity index (χ4n) is 2.27. The largest absolute Gasteiger partial charge is 0.362 e. The Kier molecular flexibility index (Phi) is 7.52. The van der Waals surface area contributed by atoms with Crippen LogP contribution >= 0.6 is 28.1 Å². The highest BCUT2D eigenvalue weighted by Gasteiger charge is 2.01. The summed E-state index contributed by atoms with van der Waals surface area (Å²) in [5.41, 5.74) is 2.33. The highest BCUT2D eigenvalue weighted by Crippen LogP contribution is 2.15. The first-order valence-electron chi connectivity index (χ1n) is 7.66. The van der Waals surface area contributed by atoms with Crippen molar-refractivity contribution in [1.82, 2.24) is 10.2 Å². The Morgan fingerprint density at radius 3 is 2.65 bits per heavy atom. The summed E-state index contributed by atoms with van der Waals surface area (Å²) in [6, 6.07) is 18.5. The molecule has 0 aliphatic rings. The minimum absolute atomic E-state index is 0.661. The second kappa shape index (κ2) is 9.65. The van der Waals surface area contributed by atoms with Crippen LogP contribution in [0, 0.1) is 0 Å². The van der Waals surface area contributed by atoms with E-state index < -0.39 is 0 Å². The lowest BCUT2D eigenvalue weighted by Crippen LogP contribution is -2.31. The number of nitrogens with one attached hydrogen (secondary N) is 2. The normalized spacial score (nSPS) is 10.6. The molecule has 0 amide bonds. The average Bonchev–Trinajstić information content (AvgIpc) is 2.52. The third-order valence-electron chi connectivity index (χ3n) is 3.38. The number of nitrogens with zero attached hydrogens (tertiary/aromatic N) is 1. The summed E-state index contributed by atoms with van der Waals surface area (Å²) in [6.45, 7) is 2.86. The van der Waals surface area contributed by atoms with Crippen LogP contribution in [-0.2, 0) is 6.54 Å². The van der Waals surface area contributed by atoms with Gasteiger partial charge in [-0.2, -0.15) is 0 Å². The van der Waals surface area contributed by atoms with Crippen LogP contribution in [0.2, 0.25) is 0 Å². The maximum Gasteiger partial charge on any atom is 0.170 e. The van der Waals surface area contributed by atoms with Gasteiger partial charge in [-0.3, -0.25) is 0 Å². The van der Waals surface area contributed by atoms with Gasteiger partial charge in [0.05, 0.1) is 0 Å². The number of hydrogen-bond donors (Lipinski definition) is 2. The molecule has 2 N–H and O–H groups in total. The summed E-state index contributed by atoms with van der Waals surface area (Å²) in [5.74, 6) is 0. The first kappa shape index (κ1) is 17.9. The van der Waals surface area contributed by atoms with Gasteiger partial charge in [0.2, 0.25) is 0 Å².